The van der Waals surface area contributed by atoms with E-state index in [0.717, 1.165) is 0 Å². The van der Waals surface area contributed by atoms with Crippen molar-refractivity contribution in [1.29, 1.82) is 0 Å². The summed E-state index contributed by atoms with van der Waals surface area (Å²) in [6.45, 7) is 2.01. The summed E-state index contributed by atoms with van der Waals surface area (Å²) in [5.74, 6) is 0. The van der Waals surface area contributed by atoms with Crippen molar-refractivity contribution in [2.45, 2.75) is 6.92 Å². The van der Waals surface area contributed by atoms with E-state index in [1.54, 1.807) is 0 Å². The van der Waals surface area contributed by atoms with Crippen LogP contribution in [0.25, 0.3) is 0 Å². The normalized spacial score (nSPS) is 8.83. The molecule has 32 valence electrons. The first kappa shape index (κ1) is 3.74. The van der Waals surface area contributed by atoms with Crippen LogP contribution in [0.4, 0.5) is 0 Å². The third kappa shape index (κ3) is 0.542. The maximum Gasteiger partial charge on any atom is 0.209 e. The largest absolute Gasteiger partial charge is 0.209 e. The van der Waals surface area contributed by atoms with Gasteiger partial charge in [-0.15, -0.1) is 0 Å². The molecule has 1 aromatic rings. The van der Waals surface area contributed by atoms with Gasteiger partial charge in [-0.2, -0.15) is 0 Å². The van der Waals surface area contributed by atoms with Gasteiger partial charge in [0.25, 0.3) is 0 Å². The molecule has 0 atom stereocenters. The van der Waals surface area contributed by atoms with Gasteiger partial charge in [-0.25, -0.2) is 0 Å². The SMILES string of the molecule is Cc1c[nH+]ns1. The smallest absolute Gasteiger partial charge is 0.0941 e. The fourth-order valence-corrected chi connectivity index (χ4v) is 0.597. The molecule has 0 aliphatic rings. The zero-order valence-corrected chi connectivity index (χ0v) is 4.25. The Balaban J connectivity index is 3.05. The number of hydrogen-bond donors (Lipinski definition) is 0. The van der Waals surface area contributed by atoms with Gasteiger partial charge < -0.3 is 0 Å². The Kier molecular flexibility index (Phi) is 0.837. The summed E-state index contributed by atoms with van der Waals surface area (Å²) < 4.78 is 3.74. The first-order valence-corrected chi connectivity index (χ1v) is 2.46. The molecule has 0 spiro atoms. The molecule has 0 unspecified atom stereocenters. The highest BCUT2D eigenvalue weighted by Crippen LogP contribution is 1.91. The highest BCUT2D eigenvalue weighted by atomic mass is 32.1. The Morgan fingerprint density at radius 2 is 2.83 bits per heavy atom. The molecule has 1 heterocycles. The lowest BCUT2D eigenvalue weighted by Crippen LogP contribution is -1.95. The first-order valence-electron chi connectivity index (χ1n) is 1.69. The van der Waals surface area contributed by atoms with E-state index < -0.39 is 0 Å². The van der Waals surface area contributed by atoms with Gasteiger partial charge in [-0.05, 0) is 6.92 Å². The number of hydrogen-bond acceptors (Lipinski definition) is 2. The molecule has 1 rings (SSSR count). The molecule has 2 nitrogen and oxygen atoms in total. The van der Waals surface area contributed by atoms with Crippen LogP contribution in [0.15, 0.2) is 6.20 Å². The number of rotatable bonds is 0. The molecular formula is C3H5N2S+. The second-order valence-electron chi connectivity index (χ2n) is 1.07. The molecule has 0 fully saturated rings. The van der Waals surface area contributed by atoms with Crippen molar-refractivity contribution in [3.8, 4) is 0 Å². The summed E-state index contributed by atoms with van der Waals surface area (Å²) in [5, 5.41) is 2.70. The Labute approximate surface area is 40.0 Å². The fraction of sp³-hybridized carbons (Fsp3) is 0.333. The van der Waals surface area contributed by atoms with Gasteiger partial charge in [-0.3, -0.25) is 0 Å². The van der Waals surface area contributed by atoms with Crippen LogP contribution in [0.2, 0.25) is 0 Å². The van der Waals surface area contributed by atoms with E-state index in [1.807, 2.05) is 13.1 Å². The van der Waals surface area contributed by atoms with Gasteiger partial charge in [-0.1, -0.05) is 5.10 Å². The van der Waals surface area contributed by atoms with Gasteiger partial charge >= 0.3 is 0 Å². The molecular weight excluding hydrogens is 96.1 g/mol. The van der Waals surface area contributed by atoms with Crippen molar-refractivity contribution in [2.24, 2.45) is 0 Å². The van der Waals surface area contributed by atoms with Crippen molar-refractivity contribution in [2.75, 3.05) is 0 Å². The van der Waals surface area contributed by atoms with Crippen LogP contribution < -0.4 is 5.10 Å². The van der Waals surface area contributed by atoms with Crippen LogP contribution in [0, 0.1) is 6.92 Å². The van der Waals surface area contributed by atoms with E-state index in [0.29, 0.717) is 0 Å². The first-order chi connectivity index (χ1) is 2.89. The summed E-state index contributed by atoms with van der Waals surface area (Å²) in [7, 11) is 0. The Morgan fingerprint density at radius 3 is 3.00 bits per heavy atom. The molecule has 6 heavy (non-hydrogen) atoms. The molecule has 1 aromatic heterocycles. The van der Waals surface area contributed by atoms with Crippen LogP contribution in [0.3, 0.4) is 0 Å². The maximum atomic E-state index is 3.74. The van der Waals surface area contributed by atoms with Crippen molar-refractivity contribution < 1.29 is 5.10 Å². The van der Waals surface area contributed by atoms with Crippen molar-refractivity contribution in [3.63, 3.8) is 0 Å². The molecule has 0 aliphatic carbocycles. The zero-order valence-electron chi connectivity index (χ0n) is 3.43. The monoisotopic (exact) mass is 101 g/mol. The van der Waals surface area contributed by atoms with Gasteiger partial charge in [0, 0.05) is 11.5 Å². The second kappa shape index (κ2) is 1.34. The number of nitrogens with zero attached hydrogens (tertiary/aromatic N) is 1. The Bertz CT molecular complexity index is 112. The van der Waals surface area contributed by atoms with Gasteiger partial charge in [0.2, 0.25) is 6.20 Å². The fourth-order valence-electron chi connectivity index (χ4n) is 0.242. The molecule has 0 radical (unpaired) electrons. The van der Waals surface area contributed by atoms with Crippen molar-refractivity contribution in [1.82, 2.24) is 4.49 Å². The highest BCUT2D eigenvalue weighted by molar-refractivity contribution is 7.05. The zero-order chi connectivity index (χ0) is 4.41. The van der Waals surface area contributed by atoms with E-state index in [4.69, 9.17) is 0 Å². The maximum absolute atomic E-state index is 3.74. The molecule has 0 saturated carbocycles. The Hall–Kier alpha value is -0.440. The number of aromatic amines is 1. The number of aromatic nitrogens is 2. The minimum absolute atomic E-state index is 1.22. The molecule has 1 N–H and O–H groups in total. The van der Waals surface area contributed by atoms with E-state index in [1.165, 1.54) is 16.4 Å². The predicted molar refractivity (Wildman–Crippen MR) is 23.4 cm³/mol. The lowest BCUT2D eigenvalue weighted by Gasteiger charge is -1.54. The lowest BCUT2D eigenvalue weighted by atomic mass is 10.7. The summed E-state index contributed by atoms with van der Waals surface area (Å²) in [6, 6.07) is 0. The van der Waals surface area contributed by atoms with E-state index in [2.05, 4.69) is 9.59 Å². The summed E-state index contributed by atoms with van der Waals surface area (Å²) in [5.41, 5.74) is 0. The molecule has 0 aromatic carbocycles. The number of nitrogens with one attached hydrogen (secondary N) is 1. The molecule has 0 bridgehead atoms. The van der Waals surface area contributed by atoms with Crippen molar-refractivity contribution >= 4 is 11.5 Å². The third-order valence-electron chi connectivity index (χ3n) is 0.510. The average molecular weight is 101 g/mol. The lowest BCUT2D eigenvalue weighted by molar-refractivity contribution is -0.443. The minimum Gasteiger partial charge on any atom is -0.0941 e. The summed E-state index contributed by atoms with van der Waals surface area (Å²) in [4.78, 5) is 1.22. The minimum atomic E-state index is 1.22. The number of H-pyrrole nitrogens is 1. The van der Waals surface area contributed by atoms with Crippen molar-refractivity contribution in [3.05, 3.63) is 11.1 Å². The van der Waals surface area contributed by atoms with Crippen LogP contribution in [0.5, 0.6) is 0 Å². The molecule has 3 heteroatoms. The second-order valence-corrected chi connectivity index (χ2v) is 2.08. The van der Waals surface area contributed by atoms with Gasteiger partial charge in [0.05, 0.1) is 9.37 Å². The molecule has 0 aliphatic heterocycles. The van der Waals surface area contributed by atoms with Crippen LogP contribution >= 0.6 is 11.5 Å². The van der Waals surface area contributed by atoms with E-state index in [-0.39, 0.29) is 0 Å². The van der Waals surface area contributed by atoms with E-state index in [9.17, 15) is 0 Å². The highest BCUT2D eigenvalue weighted by Gasteiger charge is 1.85. The van der Waals surface area contributed by atoms with E-state index >= 15 is 0 Å². The summed E-state index contributed by atoms with van der Waals surface area (Å²) >= 11 is 1.47. The average Bonchev–Trinajstić information content (AvgIpc) is 1.86. The predicted octanol–water partition coefficient (Wildman–Crippen LogP) is 0.266. The van der Waals surface area contributed by atoms with Crippen LogP contribution in [-0.2, 0) is 0 Å². The van der Waals surface area contributed by atoms with Gasteiger partial charge in [0.1, 0.15) is 0 Å². The quantitative estimate of drug-likeness (QED) is 0.460. The molecule has 0 saturated heterocycles. The Morgan fingerprint density at radius 1 is 2.00 bits per heavy atom. The summed E-state index contributed by atoms with van der Waals surface area (Å²) in [6.07, 6.45) is 1.87. The number of aryl methyl sites for hydroxylation is 1. The topological polar surface area (TPSA) is 27.0 Å². The third-order valence-corrected chi connectivity index (χ3v) is 1.11. The van der Waals surface area contributed by atoms with Gasteiger partial charge in [0.15, 0.2) is 0 Å². The molecule has 0 amide bonds. The van der Waals surface area contributed by atoms with Crippen LogP contribution in [0.1, 0.15) is 4.88 Å². The van der Waals surface area contributed by atoms with Crippen LogP contribution in [-0.4, -0.2) is 4.49 Å². The standard InChI is InChI=1S/C3H4N2S/c1-3-2-4-5-6-3/h2H,1H3/p+1.